The van der Waals surface area contributed by atoms with E-state index in [0.29, 0.717) is 0 Å². The summed E-state index contributed by atoms with van der Waals surface area (Å²) in [5, 5.41) is 11.9. The van der Waals surface area contributed by atoms with Crippen molar-refractivity contribution in [3.05, 3.63) is 41.6 Å². The highest BCUT2D eigenvalue weighted by atomic mass is 16.4. The van der Waals surface area contributed by atoms with Gasteiger partial charge in [0.2, 0.25) is 0 Å². The number of rotatable bonds is 3. The first-order chi connectivity index (χ1) is 9.08. The van der Waals surface area contributed by atoms with E-state index in [4.69, 9.17) is 5.11 Å². The first kappa shape index (κ1) is 13.3. The Balaban J connectivity index is 2.05. The van der Waals surface area contributed by atoms with Gasteiger partial charge in [-0.05, 0) is 43.5 Å². The van der Waals surface area contributed by atoms with Gasteiger partial charge in [0, 0.05) is 23.4 Å². The summed E-state index contributed by atoms with van der Waals surface area (Å²) in [5.41, 5.74) is 1.85. The minimum Gasteiger partial charge on any atom is -0.478 e. The molecule has 1 aliphatic carbocycles. The molecule has 0 aliphatic heterocycles. The molecule has 1 fully saturated rings. The summed E-state index contributed by atoms with van der Waals surface area (Å²) in [6, 6.07) is 6.46. The largest absolute Gasteiger partial charge is 0.478 e. The monoisotopic (exact) mass is 259 g/mol. The van der Waals surface area contributed by atoms with Crippen LogP contribution in [0.2, 0.25) is 0 Å². The molecule has 1 aromatic rings. The fourth-order valence-corrected chi connectivity index (χ4v) is 2.19. The van der Waals surface area contributed by atoms with Crippen LogP contribution in [-0.2, 0) is 4.79 Å². The van der Waals surface area contributed by atoms with E-state index in [2.05, 4.69) is 5.32 Å². The van der Waals surface area contributed by atoms with E-state index >= 15 is 0 Å². The molecule has 0 radical (unpaired) electrons. The molecular weight excluding hydrogens is 242 g/mol. The molecule has 4 nitrogen and oxygen atoms in total. The van der Waals surface area contributed by atoms with Crippen LogP contribution in [0.5, 0.6) is 0 Å². The number of allylic oxidation sites excluding steroid dienone is 1. The number of hydrogen-bond acceptors (Lipinski definition) is 3. The highest BCUT2D eigenvalue weighted by molar-refractivity contribution is 5.97. The number of nitrogens with one attached hydrogen (secondary N) is 1. The number of Topliss-reactive ketones (excluding diaryl/α,β-unsaturated/α-hetero) is 1. The third-order valence-electron chi connectivity index (χ3n) is 3.39. The summed E-state index contributed by atoms with van der Waals surface area (Å²) in [6.45, 7) is 1.96. The van der Waals surface area contributed by atoms with Crippen LogP contribution < -0.4 is 5.32 Å². The lowest BCUT2D eigenvalue weighted by Crippen LogP contribution is -2.19. The van der Waals surface area contributed by atoms with Crippen LogP contribution in [0.4, 0.5) is 5.69 Å². The van der Waals surface area contributed by atoms with Crippen molar-refractivity contribution in [1.82, 2.24) is 0 Å². The number of carboxylic acids is 1. The maximum absolute atomic E-state index is 11.9. The molecule has 19 heavy (non-hydrogen) atoms. The molecule has 2 N–H and O–H groups in total. The zero-order valence-corrected chi connectivity index (χ0v) is 10.8. The molecule has 2 rings (SSSR count). The van der Waals surface area contributed by atoms with Crippen molar-refractivity contribution in [3.63, 3.8) is 0 Å². The Morgan fingerprint density at radius 2 is 2.05 bits per heavy atom. The Labute approximate surface area is 112 Å². The summed E-state index contributed by atoms with van der Waals surface area (Å²) in [5.74, 6) is -0.627. The molecule has 0 amide bonds. The third kappa shape index (κ3) is 3.22. The molecule has 1 aliphatic rings. The van der Waals surface area contributed by atoms with Gasteiger partial charge in [-0.15, -0.1) is 0 Å². The fourth-order valence-electron chi connectivity index (χ4n) is 2.19. The Kier molecular flexibility index (Phi) is 4.00. The number of carboxylic acid groups (broad SMARTS) is 1. The van der Waals surface area contributed by atoms with Gasteiger partial charge < -0.3 is 10.4 Å². The van der Waals surface area contributed by atoms with Crippen LogP contribution >= 0.6 is 0 Å². The van der Waals surface area contributed by atoms with E-state index in [-0.39, 0.29) is 17.3 Å². The van der Waals surface area contributed by atoms with Gasteiger partial charge in [0.15, 0.2) is 5.78 Å². The Hall–Kier alpha value is -2.10. The lowest BCUT2D eigenvalue weighted by molar-refractivity contribution is -0.119. The summed E-state index contributed by atoms with van der Waals surface area (Å²) >= 11 is 0. The predicted molar refractivity (Wildman–Crippen MR) is 73.1 cm³/mol. The number of anilines is 1. The normalized spacial score (nSPS) is 21.4. The molecule has 0 spiro atoms. The van der Waals surface area contributed by atoms with Crippen molar-refractivity contribution >= 4 is 17.4 Å². The number of ketones is 1. The van der Waals surface area contributed by atoms with Gasteiger partial charge in [-0.25, -0.2) is 4.79 Å². The number of aromatic carboxylic acids is 1. The van der Waals surface area contributed by atoms with Crippen LogP contribution in [0, 0.1) is 5.92 Å². The van der Waals surface area contributed by atoms with Crippen molar-refractivity contribution in [2.24, 2.45) is 5.92 Å². The van der Waals surface area contributed by atoms with Crippen LogP contribution in [0.15, 0.2) is 36.0 Å². The van der Waals surface area contributed by atoms with Crippen LogP contribution in [0.1, 0.15) is 36.5 Å². The van der Waals surface area contributed by atoms with Crippen molar-refractivity contribution in [3.8, 4) is 0 Å². The second kappa shape index (κ2) is 5.69. The highest BCUT2D eigenvalue weighted by Crippen LogP contribution is 2.24. The van der Waals surface area contributed by atoms with Gasteiger partial charge in [0.1, 0.15) is 0 Å². The van der Waals surface area contributed by atoms with Gasteiger partial charge in [-0.1, -0.05) is 6.92 Å². The second-order valence-electron chi connectivity index (χ2n) is 4.85. The standard InChI is InChI=1S/C15H17NO3/c1-10-3-2-4-12(14(10)17)9-16-13-7-5-11(6-8-13)15(18)19/h5-10,16H,2-4H2,1H3,(H,18,19)/b12-9-/t10-/m0/s1. The number of carbonyl (C=O) groups excluding carboxylic acids is 1. The maximum atomic E-state index is 11.9. The van der Waals surface area contributed by atoms with E-state index in [1.165, 1.54) is 12.1 Å². The van der Waals surface area contributed by atoms with Gasteiger partial charge in [-0.2, -0.15) is 0 Å². The van der Waals surface area contributed by atoms with Crippen molar-refractivity contribution < 1.29 is 14.7 Å². The molecule has 0 aromatic heterocycles. The Bertz CT molecular complexity index is 517. The molecule has 1 aromatic carbocycles. The maximum Gasteiger partial charge on any atom is 0.335 e. The zero-order chi connectivity index (χ0) is 13.8. The number of benzene rings is 1. The quantitative estimate of drug-likeness (QED) is 0.819. The van der Waals surface area contributed by atoms with Crippen LogP contribution in [0.25, 0.3) is 0 Å². The van der Waals surface area contributed by atoms with E-state index in [1.54, 1.807) is 18.3 Å². The lowest BCUT2D eigenvalue weighted by Gasteiger charge is -2.19. The van der Waals surface area contributed by atoms with Gasteiger partial charge in [0.05, 0.1) is 5.56 Å². The SMILES string of the molecule is C[C@H]1CCC/C(=C/Nc2ccc(C(=O)O)cc2)C1=O. The van der Waals surface area contributed by atoms with Gasteiger partial charge in [0.25, 0.3) is 0 Å². The highest BCUT2D eigenvalue weighted by Gasteiger charge is 2.22. The van der Waals surface area contributed by atoms with Crippen molar-refractivity contribution in [2.75, 3.05) is 5.32 Å². The first-order valence-corrected chi connectivity index (χ1v) is 6.41. The summed E-state index contributed by atoms with van der Waals surface area (Å²) < 4.78 is 0. The average Bonchev–Trinajstić information content (AvgIpc) is 2.41. The molecule has 0 bridgehead atoms. The lowest BCUT2D eigenvalue weighted by atomic mass is 9.86. The van der Waals surface area contributed by atoms with Crippen LogP contribution in [0.3, 0.4) is 0 Å². The molecule has 1 atom stereocenters. The fraction of sp³-hybridized carbons (Fsp3) is 0.333. The molecule has 4 heteroatoms. The second-order valence-corrected chi connectivity index (χ2v) is 4.85. The summed E-state index contributed by atoms with van der Waals surface area (Å²) in [7, 11) is 0. The topological polar surface area (TPSA) is 66.4 Å². The third-order valence-corrected chi connectivity index (χ3v) is 3.39. The van der Waals surface area contributed by atoms with E-state index in [0.717, 1.165) is 30.5 Å². The predicted octanol–water partition coefficient (Wildman–Crippen LogP) is 3.07. The minimum absolute atomic E-state index is 0.108. The molecule has 0 unspecified atom stereocenters. The molecule has 0 saturated heterocycles. The van der Waals surface area contributed by atoms with E-state index in [9.17, 15) is 9.59 Å². The minimum atomic E-state index is -0.943. The van der Waals surface area contributed by atoms with Crippen LogP contribution in [-0.4, -0.2) is 16.9 Å². The Morgan fingerprint density at radius 1 is 1.37 bits per heavy atom. The summed E-state index contributed by atoms with van der Waals surface area (Å²) in [6.07, 6.45) is 4.55. The van der Waals surface area contributed by atoms with Gasteiger partial charge in [-0.3, -0.25) is 4.79 Å². The molecule has 1 saturated carbocycles. The Morgan fingerprint density at radius 3 is 2.68 bits per heavy atom. The molecular formula is C15H17NO3. The van der Waals surface area contributed by atoms with Crippen molar-refractivity contribution in [1.29, 1.82) is 0 Å². The molecule has 100 valence electrons. The van der Waals surface area contributed by atoms with Crippen molar-refractivity contribution in [2.45, 2.75) is 26.2 Å². The smallest absolute Gasteiger partial charge is 0.335 e. The average molecular weight is 259 g/mol. The van der Waals surface area contributed by atoms with E-state index < -0.39 is 5.97 Å². The number of hydrogen-bond donors (Lipinski definition) is 2. The van der Waals surface area contributed by atoms with E-state index in [1.807, 2.05) is 6.92 Å². The first-order valence-electron chi connectivity index (χ1n) is 6.41. The summed E-state index contributed by atoms with van der Waals surface area (Å²) in [4.78, 5) is 22.6. The van der Waals surface area contributed by atoms with Gasteiger partial charge >= 0.3 is 5.97 Å². The zero-order valence-electron chi connectivity index (χ0n) is 10.8. The molecule has 0 heterocycles. The number of carbonyl (C=O) groups is 2.